The maximum absolute atomic E-state index is 13.0. The van der Waals surface area contributed by atoms with E-state index >= 15 is 0 Å². The van der Waals surface area contributed by atoms with Gasteiger partial charge in [0.15, 0.2) is 6.67 Å². The first-order valence-corrected chi connectivity index (χ1v) is 8.22. The second-order valence-electron chi connectivity index (χ2n) is 5.90. The fourth-order valence-corrected chi connectivity index (χ4v) is 2.72. The number of benzene rings is 2. The van der Waals surface area contributed by atoms with Crippen LogP contribution in [-0.4, -0.2) is 21.8 Å². The molecule has 0 radical (unpaired) electrons. The molecule has 0 bridgehead atoms. The lowest BCUT2D eigenvalue weighted by Crippen LogP contribution is -3.07. The van der Waals surface area contributed by atoms with E-state index in [9.17, 15) is 14.5 Å². The Morgan fingerprint density at radius 1 is 1.31 bits per heavy atom. The minimum absolute atomic E-state index is 0.0442. The van der Waals surface area contributed by atoms with Gasteiger partial charge in [-0.25, -0.2) is 4.39 Å². The Hall–Kier alpha value is -2.91. The number of non-ortho nitro benzene ring substituents is 1. The first-order chi connectivity index (χ1) is 12.4. The summed E-state index contributed by atoms with van der Waals surface area (Å²) >= 11 is 5.19. The highest BCUT2D eigenvalue weighted by molar-refractivity contribution is 7.71. The number of nitro groups is 1. The van der Waals surface area contributed by atoms with Crippen molar-refractivity contribution in [1.82, 2.24) is 9.78 Å². The monoisotopic (exact) mass is 375 g/mol. The number of hydrogen-bond donors (Lipinski definition) is 1. The molecule has 0 aliphatic heterocycles. The van der Waals surface area contributed by atoms with Crippen LogP contribution in [0.1, 0.15) is 5.56 Å². The standard InChI is InChI=1S/C17H15FN4O3S/c1-20(10-12-5-7-14(18)8-6-12)11-21-17(26)25-16(19-21)13-3-2-4-15(9-13)22(23)24/h2-9H,10-11H2,1H3/p+1. The lowest BCUT2D eigenvalue weighted by molar-refractivity contribution is -0.917. The molecule has 9 heteroatoms. The molecular weight excluding hydrogens is 359 g/mol. The zero-order valence-electron chi connectivity index (χ0n) is 13.9. The van der Waals surface area contributed by atoms with Crippen LogP contribution in [0, 0.1) is 20.8 Å². The van der Waals surface area contributed by atoms with Gasteiger partial charge in [-0.15, -0.1) is 5.10 Å². The van der Waals surface area contributed by atoms with Gasteiger partial charge >= 0.3 is 0 Å². The number of hydrogen-bond acceptors (Lipinski definition) is 5. The van der Waals surface area contributed by atoms with Crippen molar-refractivity contribution in [2.45, 2.75) is 13.2 Å². The molecule has 0 saturated carbocycles. The van der Waals surface area contributed by atoms with Crippen LogP contribution in [0.25, 0.3) is 11.5 Å². The highest BCUT2D eigenvalue weighted by atomic mass is 32.1. The molecule has 1 atom stereocenters. The molecule has 7 nitrogen and oxygen atoms in total. The third kappa shape index (κ3) is 4.19. The quantitative estimate of drug-likeness (QED) is 0.407. The molecular formula is C17H16FN4O3S+. The van der Waals surface area contributed by atoms with Gasteiger partial charge in [0, 0.05) is 23.3 Å². The summed E-state index contributed by atoms with van der Waals surface area (Å²) < 4.78 is 20.0. The Balaban J connectivity index is 1.75. The van der Waals surface area contributed by atoms with E-state index in [2.05, 4.69) is 5.10 Å². The summed E-state index contributed by atoms with van der Waals surface area (Å²) in [5, 5.41) is 15.2. The number of aromatic nitrogens is 2. The number of nitrogens with one attached hydrogen (secondary N) is 1. The van der Waals surface area contributed by atoms with Gasteiger partial charge in [0.05, 0.1) is 12.0 Å². The van der Waals surface area contributed by atoms with Crippen LogP contribution in [0.5, 0.6) is 0 Å². The third-order valence-corrected chi connectivity index (χ3v) is 4.04. The van der Waals surface area contributed by atoms with Crippen molar-refractivity contribution in [3.63, 3.8) is 0 Å². The summed E-state index contributed by atoms with van der Waals surface area (Å²) in [5.74, 6) is -0.0417. The Labute approximate surface area is 153 Å². The topological polar surface area (TPSA) is 78.5 Å². The number of rotatable bonds is 6. The van der Waals surface area contributed by atoms with Crippen LogP contribution >= 0.6 is 12.2 Å². The number of nitro benzene ring substituents is 1. The van der Waals surface area contributed by atoms with E-state index in [0.29, 0.717) is 18.8 Å². The highest BCUT2D eigenvalue weighted by Crippen LogP contribution is 2.22. The predicted molar refractivity (Wildman–Crippen MR) is 94.4 cm³/mol. The van der Waals surface area contributed by atoms with Crippen molar-refractivity contribution in [3.8, 4) is 11.5 Å². The second-order valence-corrected chi connectivity index (χ2v) is 6.25. The van der Waals surface area contributed by atoms with Gasteiger partial charge in [0.2, 0.25) is 5.89 Å². The smallest absolute Gasteiger partial charge is 0.292 e. The molecule has 1 aromatic heterocycles. The zero-order chi connectivity index (χ0) is 18.7. The minimum Gasteiger partial charge on any atom is -0.409 e. The van der Waals surface area contributed by atoms with E-state index in [-0.39, 0.29) is 22.2 Å². The van der Waals surface area contributed by atoms with Crippen molar-refractivity contribution in [2.75, 3.05) is 7.05 Å². The maximum Gasteiger partial charge on any atom is 0.292 e. The second kappa shape index (κ2) is 7.54. The Morgan fingerprint density at radius 3 is 2.73 bits per heavy atom. The molecule has 2 aromatic carbocycles. The van der Waals surface area contributed by atoms with Gasteiger partial charge in [-0.2, -0.15) is 4.68 Å². The van der Waals surface area contributed by atoms with Gasteiger partial charge < -0.3 is 9.32 Å². The molecule has 1 unspecified atom stereocenters. The van der Waals surface area contributed by atoms with Crippen LogP contribution in [0.15, 0.2) is 52.9 Å². The molecule has 134 valence electrons. The molecule has 0 amide bonds. The molecule has 0 spiro atoms. The van der Waals surface area contributed by atoms with E-state index in [1.807, 2.05) is 7.05 Å². The van der Waals surface area contributed by atoms with Crippen LogP contribution < -0.4 is 4.90 Å². The molecule has 1 N–H and O–H groups in total. The minimum atomic E-state index is -0.476. The van der Waals surface area contributed by atoms with Gasteiger partial charge in [-0.3, -0.25) is 10.1 Å². The zero-order valence-corrected chi connectivity index (χ0v) is 14.7. The fourth-order valence-electron chi connectivity index (χ4n) is 2.54. The SMILES string of the molecule is C[NH+](Cc1ccc(F)cc1)Cn1nc(-c2cccc([N+](=O)[O-])c2)oc1=S. The average molecular weight is 375 g/mol. The van der Waals surface area contributed by atoms with Gasteiger partial charge in [0.1, 0.15) is 12.4 Å². The highest BCUT2D eigenvalue weighted by Gasteiger charge is 2.14. The molecule has 0 aliphatic rings. The number of nitrogens with zero attached hydrogens (tertiary/aromatic N) is 3. The largest absolute Gasteiger partial charge is 0.409 e. The van der Waals surface area contributed by atoms with E-state index in [4.69, 9.17) is 16.6 Å². The summed E-state index contributed by atoms with van der Waals surface area (Å²) in [6.45, 7) is 1.09. The molecule has 0 aliphatic carbocycles. The molecule has 1 heterocycles. The van der Waals surface area contributed by atoms with E-state index in [1.54, 1.807) is 24.3 Å². The first kappa shape index (κ1) is 17.9. The van der Waals surface area contributed by atoms with Gasteiger partial charge in [-0.05, 0) is 30.4 Å². The number of quaternary nitrogens is 1. The maximum atomic E-state index is 13.0. The van der Waals surface area contributed by atoms with E-state index < -0.39 is 4.92 Å². The van der Waals surface area contributed by atoms with Crippen molar-refractivity contribution in [1.29, 1.82) is 0 Å². The molecule has 0 saturated heterocycles. The predicted octanol–water partition coefficient (Wildman–Crippen LogP) is 2.59. The average Bonchev–Trinajstić information content (AvgIpc) is 2.97. The summed E-state index contributed by atoms with van der Waals surface area (Å²) in [6, 6.07) is 12.3. The Morgan fingerprint density at radius 2 is 2.04 bits per heavy atom. The Bertz CT molecular complexity index is 984. The van der Waals surface area contributed by atoms with Crippen LogP contribution in [0.4, 0.5) is 10.1 Å². The van der Waals surface area contributed by atoms with E-state index in [0.717, 1.165) is 10.5 Å². The first-order valence-electron chi connectivity index (χ1n) is 7.81. The van der Waals surface area contributed by atoms with Crippen molar-refractivity contribution in [3.05, 3.63) is 74.9 Å². The summed E-state index contributed by atoms with van der Waals surface area (Å²) in [5.41, 5.74) is 1.43. The van der Waals surface area contributed by atoms with Crippen molar-refractivity contribution < 1.29 is 18.6 Å². The summed E-state index contributed by atoms with van der Waals surface area (Å²) in [7, 11) is 1.95. The van der Waals surface area contributed by atoms with Crippen LogP contribution in [-0.2, 0) is 13.2 Å². The molecule has 3 aromatic rings. The fraction of sp³-hybridized carbons (Fsp3) is 0.176. The lowest BCUT2D eigenvalue weighted by atomic mass is 10.2. The Kier molecular flexibility index (Phi) is 5.19. The summed E-state index contributed by atoms with van der Waals surface area (Å²) in [6.07, 6.45) is 0. The van der Waals surface area contributed by atoms with Gasteiger partial charge in [0.25, 0.3) is 10.5 Å². The van der Waals surface area contributed by atoms with E-state index in [1.165, 1.54) is 28.9 Å². The molecule has 3 rings (SSSR count). The lowest BCUT2D eigenvalue weighted by Gasteiger charge is -2.13. The van der Waals surface area contributed by atoms with Crippen molar-refractivity contribution >= 4 is 17.9 Å². The van der Waals surface area contributed by atoms with Crippen LogP contribution in [0.3, 0.4) is 0 Å². The normalized spacial score (nSPS) is 12.1. The van der Waals surface area contributed by atoms with Crippen LogP contribution in [0.2, 0.25) is 0 Å². The molecule has 26 heavy (non-hydrogen) atoms. The third-order valence-electron chi connectivity index (χ3n) is 3.75. The molecule has 0 fully saturated rings. The van der Waals surface area contributed by atoms with Crippen molar-refractivity contribution in [2.24, 2.45) is 0 Å². The summed E-state index contributed by atoms with van der Waals surface area (Å²) in [4.78, 5) is 11.7. The van der Waals surface area contributed by atoms with Gasteiger partial charge in [-0.1, -0.05) is 18.2 Å². The number of halogens is 1.